The van der Waals surface area contributed by atoms with Gasteiger partial charge in [0.15, 0.2) is 0 Å². The summed E-state index contributed by atoms with van der Waals surface area (Å²) in [5.41, 5.74) is 2.60. The molecule has 10 heteroatoms. The summed E-state index contributed by atoms with van der Waals surface area (Å²) < 4.78 is 37.1. The number of morpholine rings is 1. The summed E-state index contributed by atoms with van der Waals surface area (Å²) >= 11 is 0. The van der Waals surface area contributed by atoms with Gasteiger partial charge in [-0.2, -0.15) is 13.2 Å². The highest BCUT2D eigenvalue weighted by atomic mass is 19.4. The van der Waals surface area contributed by atoms with Crippen LogP contribution >= 0.6 is 0 Å². The van der Waals surface area contributed by atoms with Crippen molar-refractivity contribution in [2.45, 2.75) is 19.3 Å². The Labute approximate surface area is 160 Å². The zero-order valence-corrected chi connectivity index (χ0v) is 15.0. The minimum absolute atomic E-state index is 0.760. The molecule has 0 amide bonds. The molecule has 0 bridgehead atoms. The molecule has 0 unspecified atom stereocenters. The van der Waals surface area contributed by atoms with E-state index in [0.717, 1.165) is 45.2 Å². The summed E-state index contributed by atoms with van der Waals surface area (Å²) in [5.74, 6) is -1.96. The highest BCUT2D eigenvalue weighted by Crippen LogP contribution is 2.13. The Balaban J connectivity index is 0.000000345. The summed E-state index contributed by atoms with van der Waals surface area (Å²) in [5, 5.41) is 10.4. The van der Waals surface area contributed by atoms with E-state index in [2.05, 4.69) is 44.5 Å². The van der Waals surface area contributed by atoms with Gasteiger partial charge in [-0.25, -0.2) is 9.78 Å². The molecule has 0 radical (unpaired) electrons. The van der Waals surface area contributed by atoms with Gasteiger partial charge in [0.25, 0.3) is 0 Å². The second-order valence-electron chi connectivity index (χ2n) is 5.96. The number of hydrogen-bond acceptors (Lipinski definition) is 6. The summed E-state index contributed by atoms with van der Waals surface area (Å²) in [6, 6.07) is 8.68. The van der Waals surface area contributed by atoms with Gasteiger partial charge >= 0.3 is 12.1 Å². The minimum atomic E-state index is -5.08. The lowest BCUT2D eigenvalue weighted by Gasteiger charge is -2.26. The number of nitrogens with one attached hydrogen (secondary N) is 1. The van der Waals surface area contributed by atoms with E-state index in [4.69, 9.17) is 14.6 Å². The number of ether oxygens (including phenoxy) is 1. The van der Waals surface area contributed by atoms with Crippen molar-refractivity contribution in [1.82, 2.24) is 14.9 Å². The van der Waals surface area contributed by atoms with Crippen LogP contribution < -0.4 is 5.32 Å². The number of anilines is 1. The smallest absolute Gasteiger partial charge is 0.475 e. The maximum absolute atomic E-state index is 10.6. The molecular formula is C18H21F3N4O3. The normalized spacial score (nSPS) is 14.7. The number of carboxylic acid groups (broad SMARTS) is 1. The van der Waals surface area contributed by atoms with E-state index in [9.17, 15) is 13.2 Å². The van der Waals surface area contributed by atoms with Crippen molar-refractivity contribution in [2.75, 3.05) is 31.6 Å². The lowest BCUT2D eigenvalue weighted by atomic mass is 10.1. The van der Waals surface area contributed by atoms with Crippen LogP contribution in [0.15, 0.2) is 42.9 Å². The standard InChI is InChI=1S/C16H20N4O.C2HF3O2/c1-2-14(11-19-16-12-17-4-5-18-16)10-15(3-1)13-20-6-8-21-9-7-20;3-2(4,5)1(6)7/h1-5,10,12H,6-9,11,13H2,(H,18,19);(H,6,7). The van der Waals surface area contributed by atoms with Crippen molar-refractivity contribution < 1.29 is 27.8 Å². The number of aromatic nitrogens is 2. The van der Waals surface area contributed by atoms with Gasteiger partial charge in [0.2, 0.25) is 0 Å². The number of carbonyl (C=O) groups is 1. The predicted octanol–water partition coefficient (Wildman–Crippen LogP) is 2.55. The largest absolute Gasteiger partial charge is 0.490 e. The molecule has 2 N–H and O–H groups in total. The number of carboxylic acids is 1. The quantitative estimate of drug-likeness (QED) is 0.800. The van der Waals surface area contributed by atoms with Crippen LogP contribution in [0.1, 0.15) is 11.1 Å². The van der Waals surface area contributed by atoms with Crippen molar-refractivity contribution in [3.05, 3.63) is 54.0 Å². The van der Waals surface area contributed by atoms with Crippen molar-refractivity contribution >= 4 is 11.8 Å². The Morgan fingerprint density at radius 2 is 1.89 bits per heavy atom. The average molecular weight is 398 g/mol. The van der Waals surface area contributed by atoms with Gasteiger partial charge in [0, 0.05) is 38.6 Å². The van der Waals surface area contributed by atoms with Crippen LogP contribution in [0.25, 0.3) is 0 Å². The van der Waals surface area contributed by atoms with Gasteiger partial charge in [-0.05, 0) is 11.1 Å². The van der Waals surface area contributed by atoms with E-state index >= 15 is 0 Å². The van der Waals surface area contributed by atoms with Crippen LogP contribution in [0, 0.1) is 0 Å². The molecule has 2 heterocycles. The third kappa shape index (κ3) is 7.89. The van der Waals surface area contributed by atoms with E-state index in [1.165, 1.54) is 11.1 Å². The van der Waals surface area contributed by atoms with Crippen LogP contribution in [0.5, 0.6) is 0 Å². The number of nitrogens with zero attached hydrogens (tertiary/aromatic N) is 3. The van der Waals surface area contributed by atoms with Crippen LogP contribution in [0.3, 0.4) is 0 Å². The van der Waals surface area contributed by atoms with Crippen molar-refractivity contribution in [3.8, 4) is 0 Å². The van der Waals surface area contributed by atoms with Crippen LogP contribution in [-0.2, 0) is 22.6 Å². The molecular weight excluding hydrogens is 377 g/mol. The van der Waals surface area contributed by atoms with Gasteiger partial charge in [-0.3, -0.25) is 9.88 Å². The van der Waals surface area contributed by atoms with Crippen molar-refractivity contribution in [2.24, 2.45) is 0 Å². The Morgan fingerprint density at radius 3 is 2.50 bits per heavy atom. The topological polar surface area (TPSA) is 87.6 Å². The Kier molecular flexibility index (Phi) is 8.15. The monoisotopic (exact) mass is 398 g/mol. The molecule has 7 nitrogen and oxygen atoms in total. The number of alkyl halides is 3. The lowest BCUT2D eigenvalue weighted by Crippen LogP contribution is -2.35. The van der Waals surface area contributed by atoms with E-state index in [1.807, 2.05) is 0 Å². The van der Waals surface area contributed by atoms with Crippen LogP contribution in [0.2, 0.25) is 0 Å². The first-order valence-electron chi connectivity index (χ1n) is 8.52. The predicted molar refractivity (Wildman–Crippen MR) is 95.6 cm³/mol. The van der Waals surface area contributed by atoms with E-state index < -0.39 is 12.1 Å². The fourth-order valence-electron chi connectivity index (χ4n) is 2.44. The van der Waals surface area contributed by atoms with Gasteiger partial charge < -0.3 is 15.2 Å². The third-order valence-electron chi connectivity index (χ3n) is 3.78. The Bertz CT molecular complexity index is 738. The fraction of sp³-hybridized carbons (Fsp3) is 0.389. The molecule has 28 heavy (non-hydrogen) atoms. The Morgan fingerprint density at radius 1 is 1.21 bits per heavy atom. The van der Waals surface area contributed by atoms with Crippen LogP contribution in [-0.4, -0.2) is 58.4 Å². The SMILES string of the molecule is O=C(O)C(F)(F)F.c1cc(CNc2cnccn2)cc(CN2CCOCC2)c1. The first kappa shape index (κ1) is 21.6. The molecule has 152 valence electrons. The number of rotatable bonds is 5. The maximum atomic E-state index is 10.6. The van der Waals surface area contributed by atoms with Crippen molar-refractivity contribution in [1.29, 1.82) is 0 Å². The Hall–Kier alpha value is -2.72. The van der Waals surface area contributed by atoms with Crippen LogP contribution in [0.4, 0.5) is 19.0 Å². The highest BCUT2D eigenvalue weighted by Gasteiger charge is 2.38. The number of aliphatic carboxylic acids is 1. The zero-order valence-electron chi connectivity index (χ0n) is 15.0. The summed E-state index contributed by atoms with van der Waals surface area (Å²) in [6.45, 7) is 5.46. The molecule has 1 aromatic carbocycles. The molecule has 1 aliphatic heterocycles. The van der Waals surface area contributed by atoms with Gasteiger partial charge in [-0.1, -0.05) is 24.3 Å². The van der Waals surface area contributed by atoms with E-state index in [0.29, 0.717) is 0 Å². The molecule has 2 aromatic rings. The molecule has 0 atom stereocenters. The summed E-state index contributed by atoms with van der Waals surface area (Å²) in [6.07, 6.45) is 0.0168. The van der Waals surface area contributed by atoms with Crippen molar-refractivity contribution in [3.63, 3.8) is 0 Å². The average Bonchev–Trinajstić information content (AvgIpc) is 2.68. The maximum Gasteiger partial charge on any atom is 0.490 e. The fourth-order valence-corrected chi connectivity index (χ4v) is 2.44. The third-order valence-corrected chi connectivity index (χ3v) is 3.78. The van der Waals surface area contributed by atoms with Gasteiger partial charge in [0.05, 0.1) is 19.4 Å². The second kappa shape index (κ2) is 10.6. The zero-order chi connectivity index (χ0) is 20.4. The molecule has 1 aliphatic rings. The molecule has 0 aliphatic carbocycles. The first-order valence-corrected chi connectivity index (χ1v) is 8.52. The molecule has 3 rings (SSSR count). The highest BCUT2D eigenvalue weighted by molar-refractivity contribution is 5.73. The minimum Gasteiger partial charge on any atom is -0.475 e. The molecule has 0 spiro atoms. The number of halogens is 3. The summed E-state index contributed by atoms with van der Waals surface area (Å²) in [7, 11) is 0. The molecule has 0 saturated carbocycles. The lowest BCUT2D eigenvalue weighted by molar-refractivity contribution is -0.192. The summed E-state index contributed by atoms with van der Waals surface area (Å²) in [4.78, 5) is 19.6. The second-order valence-corrected chi connectivity index (χ2v) is 5.96. The molecule has 1 saturated heterocycles. The molecule has 1 fully saturated rings. The van der Waals surface area contributed by atoms with E-state index in [-0.39, 0.29) is 0 Å². The molecule has 1 aromatic heterocycles. The first-order chi connectivity index (χ1) is 13.3. The van der Waals surface area contributed by atoms with Gasteiger partial charge in [0.1, 0.15) is 5.82 Å². The number of benzene rings is 1. The van der Waals surface area contributed by atoms with Gasteiger partial charge in [-0.15, -0.1) is 0 Å². The van der Waals surface area contributed by atoms with E-state index in [1.54, 1.807) is 18.6 Å². The number of hydrogen-bond donors (Lipinski definition) is 2.